The lowest BCUT2D eigenvalue weighted by molar-refractivity contribution is 0.0689. The van der Waals surface area contributed by atoms with Crippen molar-refractivity contribution >= 4 is 5.91 Å². The summed E-state index contributed by atoms with van der Waals surface area (Å²) in [5, 5.41) is 0. The number of hydrogen-bond acceptors (Lipinski definition) is 4. The number of halogens is 2. The Morgan fingerprint density at radius 3 is 2.37 bits per heavy atom. The molecule has 0 N–H and O–H groups in total. The van der Waals surface area contributed by atoms with Gasteiger partial charge >= 0.3 is 0 Å². The first-order chi connectivity index (χ1) is 14.4. The number of benzene rings is 1. The molecule has 0 bridgehead atoms. The molecular weight excluding hydrogens is 388 g/mol. The highest BCUT2D eigenvalue weighted by molar-refractivity contribution is 5.94. The minimum Gasteiger partial charge on any atom is -0.339 e. The van der Waals surface area contributed by atoms with Crippen LogP contribution in [0.5, 0.6) is 0 Å². The van der Waals surface area contributed by atoms with Crippen molar-refractivity contribution in [1.82, 2.24) is 24.4 Å². The highest BCUT2D eigenvalue weighted by Crippen LogP contribution is 2.27. The molecule has 0 unspecified atom stereocenters. The monoisotopic (exact) mass is 411 g/mol. The summed E-state index contributed by atoms with van der Waals surface area (Å²) in [6.45, 7) is 3.03. The van der Waals surface area contributed by atoms with Gasteiger partial charge in [-0.05, 0) is 44.2 Å². The van der Waals surface area contributed by atoms with Gasteiger partial charge in [-0.25, -0.2) is 13.8 Å². The Kier molecular flexibility index (Phi) is 5.57. The third kappa shape index (κ3) is 4.08. The van der Waals surface area contributed by atoms with Gasteiger partial charge in [-0.15, -0.1) is 0 Å². The fraction of sp³-hybridized carbons (Fsp3) is 0.364. The van der Waals surface area contributed by atoms with Crippen molar-refractivity contribution in [2.45, 2.75) is 26.2 Å². The van der Waals surface area contributed by atoms with Crippen molar-refractivity contribution in [2.24, 2.45) is 13.0 Å². The fourth-order valence-corrected chi connectivity index (χ4v) is 3.93. The maximum Gasteiger partial charge on any atom is 0.254 e. The van der Waals surface area contributed by atoms with Crippen LogP contribution in [0.25, 0.3) is 11.4 Å². The highest BCUT2D eigenvalue weighted by atomic mass is 19.1. The van der Waals surface area contributed by atoms with Crippen molar-refractivity contribution in [3.63, 3.8) is 0 Å². The lowest BCUT2D eigenvalue weighted by Gasteiger charge is -2.32. The highest BCUT2D eigenvalue weighted by Gasteiger charge is 2.26. The van der Waals surface area contributed by atoms with Gasteiger partial charge in [0.1, 0.15) is 23.2 Å². The third-order valence-corrected chi connectivity index (χ3v) is 5.73. The summed E-state index contributed by atoms with van der Waals surface area (Å²) in [7, 11) is 1.95. The minimum atomic E-state index is -0.742. The summed E-state index contributed by atoms with van der Waals surface area (Å²) in [5.41, 5.74) is 2.72. The van der Waals surface area contributed by atoms with Gasteiger partial charge < -0.3 is 9.47 Å². The molecule has 0 spiro atoms. The molecule has 3 aromatic rings. The molecule has 1 fully saturated rings. The van der Waals surface area contributed by atoms with Crippen molar-refractivity contribution in [1.29, 1.82) is 0 Å². The molecule has 0 atom stereocenters. The van der Waals surface area contributed by atoms with E-state index in [4.69, 9.17) is 0 Å². The Hall–Kier alpha value is -3.16. The zero-order valence-corrected chi connectivity index (χ0v) is 17.0. The van der Waals surface area contributed by atoms with Crippen LogP contribution in [0.15, 0.2) is 36.8 Å². The minimum absolute atomic E-state index is 0.0498. The molecule has 4 rings (SSSR count). The zero-order chi connectivity index (χ0) is 21.3. The largest absolute Gasteiger partial charge is 0.339 e. The van der Waals surface area contributed by atoms with Gasteiger partial charge in [0.25, 0.3) is 5.91 Å². The van der Waals surface area contributed by atoms with Crippen LogP contribution in [0.4, 0.5) is 8.78 Å². The van der Waals surface area contributed by atoms with Crippen LogP contribution in [-0.4, -0.2) is 43.4 Å². The summed E-state index contributed by atoms with van der Waals surface area (Å²) in [4.78, 5) is 27.7. The van der Waals surface area contributed by atoms with E-state index in [9.17, 15) is 13.6 Å². The van der Waals surface area contributed by atoms with E-state index in [0.717, 1.165) is 60.4 Å². The second-order valence-corrected chi connectivity index (χ2v) is 7.70. The molecule has 1 aliphatic heterocycles. The molecule has 0 saturated carbocycles. The summed E-state index contributed by atoms with van der Waals surface area (Å²) >= 11 is 0. The van der Waals surface area contributed by atoms with Gasteiger partial charge in [0.2, 0.25) is 0 Å². The fourth-order valence-electron chi connectivity index (χ4n) is 3.93. The molecule has 0 radical (unpaired) electrons. The second kappa shape index (κ2) is 8.30. The molecule has 6 nitrogen and oxygen atoms in total. The Bertz CT molecular complexity index is 1050. The normalized spacial score (nSPS) is 14.9. The summed E-state index contributed by atoms with van der Waals surface area (Å²) < 4.78 is 28.9. The molecule has 0 aliphatic carbocycles. The van der Waals surface area contributed by atoms with Gasteiger partial charge in [-0.1, -0.05) is 0 Å². The lowest BCUT2D eigenvalue weighted by Crippen LogP contribution is -2.39. The van der Waals surface area contributed by atoms with Crippen LogP contribution in [0.2, 0.25) is 0 Å². The van der Waals surface area contributed by atoms with E-state index in [-0.39, 0.29) is 11.5 Å². The van der Waals surface area contributed by atoms with E-state index in [1.54, 1.807) is 17.3 Å². The summed E-state index contributed by atoms with van der Waals surface area (Å²) in [5.74, 6) is -0.565. The predicted octanol–water partition coefficient (Wildman–Crippen LogP) is 3.56. The third-order valence-electron chi connectivity index (χ3n) is 5.73. The number of aryl methyl sites for hydroxylation is 1. The van der Waals surface area contributed by atoms with Crippen LogP contribution in [0, 0.1) is 24.5 Å². The van der Waals surface area contributed by atoms with Crippen LogP contribution in [-0.2, 0) is 13.5 Å². The molecule has 1 amide bonds. The first-order valence-electron chi connectivity index (χ1n) is 9.96. The molecule has 1 aliphatic rings. The first-order valence-corrected chi connectivity index (χ1v) is 9.96. The topological polar surface area (TPSA) is 63.9 Å². The number of carbonyl (C=O) groups is 1. The maximum absolute atomic E-state index is 13.4. The molecule has 3 heterocycles. The van der Waals surface area contributed by atoms with Crippen LogP contribution in [0.3, 0.4) is 0 Å². The number of aromatic nitrogens is 4. The van der Waals surface area contributed by atoms with Crippen LogP contribution >= 0.6 is 0 Å². The first kappa shape index (κ1) is 20.1. The molecule has 2 aromatic heterocycles. The molecular formula is C22H23F2N5O. The Morgan fingerprint density at radius 1 is 1.07 bits per heavy atom. The Labute approximate surface area is 173 Å². The van der Waals surface area contributed by atoms with Crippen LogP contribution < -0.4 is 0 Å². The number of amides is 1. The average Bonchev–Trinajstić information content (AvgIpc) is 3.06. The van der Waals surface area contributed by atoms with E-state index >= 15 is 0 Å². The summed E-state index contributed by atoms with van der Waals surface area (Å²) in [6, 6.07) is 2.93. The van der Waals surface area contributed by atoms with Crippen molar-refractivity contribution in [3.05, 3.63) is 65.5 Å². The number of rotatable bonds is 4. The number of hydrogen-bond donors (Lipinski definition) is 0. The summed E-state index contributed by atoms with van der Waals surface area (Å²) in [6.07, 6.45) is 7.53. The smallest absolute Gasteiger partial charge is 0.254 e. The van der Waals surface area contributed by atoms with Gasteiger partial charge in [0, 0.05) is 44.2 Å². The zero-order valence-electron chi connectivity index (χ0n) is 17.0. The van der Waals surface area contributed by atoms with Gasteiger partial charge in [0.15, 0.2) is 0 Å². The molecule has 8 heteroatoms. The van der Waals surface area contributed by atoms with E-state index in [1.165, 1.54) is 0 Å². The molecule has 30 heavy (non-hydrogen) atoms. The Morgan fingerprint density at radius 2 is 1.73 bits per heavy atom. The number of imidazole rings is 1. The quantitative estimate of drug-likeness (QED) is 0.659. The Balaban J connectivity index is 1.43. The van der Waals surface area contributed by atoms with Gasteiger partial charge in [-0.3, -0.25) is 14.8 Å². The number of piperidine rings is 1. The molecule has 156 valence electrons. The number of nitrogens with zero attached hydrogens (tertiary/aromatic N) is 5. The van der Waals surface area contributed by atoms with Gasteiger partial charge in [0.05, 0.1) is 17.6 Å². The molecule has 1 aromatic carbocycles. The van der Waals surface area contributed by atoms with Crippen molar-refractivity contribution < 1.29 is 13.6 Å². The van der Waals surface area contributed by atoms with E-state index in [0.29, 0.717) is 19.0 Å². The lowest BCUT2D eigenvalue weighted by atomic mass is 9.91. The SMILES string of the molecule is Cc1ncc(-c2nccnc2CC2CCN(C(=O)c3cc(F)cc(F)c3)CC2)n1C. The van der Waals surface area contributed by atoms with Crippen molar-refractivity contribution in [2.75, 3.05) is 13.1 Å². The van der Waals surface area contributed by atoms with Crippen molar-refractivity contribution in [3.8, 4) is 11.4 Å². The number of likely N-dealkylation sites (tertiary alicyclic amines) is 1. The number of carbonyl (C=O) groups excluding carboxylic acids is 1. The van der Waals surface area contributed by atoms with E-state index in [2.05, 4.69) is 15.0 Å². The average molecular weight is 411 g/mol. The van der Waals surface area contributed by atoms with E-state index in [1.807, 2.05) is 24.7 Å². The maximum atomic E-state index is 13.4. The second-order valence-electron chi connectivity index (χ2n) is 7.70. The van der Waals surface area contributed by atoms with Gasteiger partial charge in [-0.2, -0.15) is 0 Å². The van der Waals surface area contributed by atoms with Crippen LogP contribution in [0.1, 0.15) is 34.7 Å². The standard InChI is InChI=1S/C22H23F2N5O/c1-14-27-13-20(28(14)2)21-19(25-5-6-26-21)9-15-3-7-29(8-4-15)22(30)16-10-17(23)12-18(24)11-16/h5-6,10-13,15H,3-4,7-9H2,1-2H3. The van der Waals surface area contributed by atoms with E-state index < -0.39 is 11.6 Å². The molecule has 1 saturated heterocycles. The predicted molar refractivity (Wildman–Crippen MR) is 108 cm³/mol.